The molecule has 2 aromatic heterocycles. The summed E-state index contributed by atoms with van der Waals surface area (Å²) in [6.07, 6.45) is 5.42. The Balaban J connectivity index is 1.73. The van der Waals surface area contributed by atoms with Crippen LogP contribution in [-0.4, -0.2) is 9.13 Å². The van der Waals surface area contributed by atoms with E-state index in [9.17, 15) is 0 Å². The quantitative estimate of drug-likeness (QED) is 0.485. The summed E-state index contributed by atoms with van der Waals surface area (Å²) in [6, 6.07) is 22.1. The Morgan fingerprint density at radius 2 is 1.32 bits per heavy atom. The molecule has 2 heteroatoms. The van der Waals surface area contributed by atoms with Crippen LogP contribution in [0.5, 0.6) is 0 Å². The molecule has 0 aliphatic carbocycles. The average molecular weight is 288 g/mol. The van der Waals surface area contributed by atoms with Crippen LogP contribution in [0.2, 0.25) is 0 Å². The van der Waals surface area contributed by atoms with E-state index >= 15 is 0 Å². The zero-order chi connectivity index (χ0) is 14.9. The molecule has 22 heavy (non-hydrogen) atoms. The number of nitrogens with zero attached hydrogens (tertiary/aromatic N) is 2. The Morgan fingerprint density at radius 3 is 1.91 bits per heavy atom. The minimum absolute atomic E-state index is 0.509. The Hall–Kier alpha value is -2.48. The molecule has 2 nitrogen and oxygen atoms in total. The molecule has 0 bridgehead atoms. The molecular formula is C20H20N2. The maximum atomic E-state index is 2.46. The van der Waals surface area contributed by atoms with Gasteiger partial charge >= 0.3 is 0 Å². The standard InChI is InChI=1S/C20H20N2/c1-16(21-13-6-7-14-21)12-15-22-19-10-4-2-8-17(19)18-9-3-5-11-20(18)22/h2-11,13-14,16H,12,15H2,1H3. The molecule has 0 aliphatic rings. The minimum Gasteiger partial charge on any atom is -0.351 e. The third kappa shape index (κ3) is 2.12. The van der Waals surface area contributed by atoms with Gasteiger partial charge in [-0.15, -0.1) is 0 Å². The second kappa shape index (κ2) is 5.38. The summed E-state index contributed by atoms with van der Waals surface area (Å²) >= 11 is 0. The van der Waals surface area contributed by atoms with Gasteiger partial charge in [0.05, 0.1) is 0 Å². The third-order valence-electron chi connectivity index (χ3n) is 4.59. The number of fused-ring (bicyclic) bond motifs is 3. The van der Waals surface area contributed by atoms with E-state index in [1.54, 1.807) is 0 Å². The first-order chi connectivity index (χ1) is 10.8. The highest BCUT2D eigenvalue weighted by atomic mass is 15.0. The molecule has 0 radical (unpaired) electrons. The molecular weight excluding hydrogens is 268 g/mol. The fourth-order valence-corrected chi connectivity index (χ4v) is 3.35. The molecule has 1 atom stereocenters. The van der Waals surface area contributed by atoms with Gasteiger partial charge in [-0.1, -0.05) is 36.4 Å². The number of rotatable bonds is 4. The van der Waals surface area contributed by atoms with Crippen molar-refractivity contribution < 1.29 is 0 Å². The van der Waals surface area contributed by atoms with Crippen LogP contribution in [0.3, 0.4) is 0 Å². The normalized spacial score (nSPS) is 13.0. The SMILES string of the molecule is CC(CCn1c2ccccc2c2ccccc21)n1cccc1. The first kappa shape index (κ1) is 13.2. The van der Waals surface area contributed by atoms with Gasteiger partial charge in [0.25, 0.3) is 0 Å². The summed E-state index contributed by atoms with van der Waals surface area (Å²) in [7, 11) is 0. The van der Waals surface area contributed by atoms with Crippen molar-refractivity contribution in [1.29, 1.82) is 0 Å². The van der Waals surface area contributed by atoms with Crippen LogP contribution in [-0.2, 0) is 6.54 Å². The van der Waals surface area contributed by atoms with E-state index in [1.165, 1.54) is 21.8 Å². The minimum atomic E-state index is 0.509. The zero-order valence-electron chi connectivity index (χ0n) is 12.8. The summed E-state index contributed by atoms with van der Waals surface area (Å²) in [5.41, 5.74) is 2.67. The molecule has 4 aromatic rings. The Bertz CT molecular complexity index is 847. The lowest BCUT2D eigenvalue weighted by Gasteiger charge is -2.15. The molecule has 2 heterocycles. The molecule has 2 aromatic carbocycles. The number of benzene rings is 2. The fraction of sp³-hybridized carbons (Fsp3) is 0.200. The summed E-state index contributed by atoms with van der Waals surface area (Å²) in [5.74, 6) is 0. The molecule has 0 N–H and O–H groups in total. The first-order valence-electron chi connectivity index (χ1n) is 7.93. The van der Waals surface area contributed by atoms with Gasteiger partial charge in [-0.05, 0) is 37.6 Å². The van der Waals surface area contributed by atoms with Crippen LogP contribution >= 0.6 is 0 Å². The molecule has 110 valence electrons. The summed E-state index contributed by atoms with van der Waals surface area (Å²) < 4.78 is 4.75. The lowest BCUT2D eigenvalue weighted by atomic mass is 10.2. The Labute approximate surface area is 130 Å². The molecule has 0 aliphatic heterocycles. The van der Waals surface area contributed by atoms with Gasteiger partial charge in [0, 0.05) is 46.8 Å². The highest BCUT2D eigenvalue weighted by Gasteiger charge is 2.11. The van der Waals surface area contributed by atoms with Crippen molar-refractivity contribution in [2.75, 3.05) is 0 Å². The molecule has 0 spiro atoms. The highest BCUT2D eigenvalue weighted by molar-refractivity contribution is 6.07. The molecule has 1 unspecified atom stereocenters. The van der Waals surface area contributed by atoms with Crippen molar-refractivity contribution in [2.45, 2.75) is 25.9 Å². The molecule has 0 saturated heterocycles. The smallest absolute Gasteiger partial charge is 0.0491 e. The van der Waals surface area contributed by atoms with Crippen LogP contribution in [0.25, 0.3) is 21.8 Å². The number of hydrogen-bond acceptors (Lipinski definition) is 0. The van der Waals surface area contributed by atoms with E-state index in [2.05, 4.69) is 89.1 Å². The van der Waals surface area contributed by atoms with Gasteiger partial charge in [0.1, 0.15) is 0 Å². The molecule has 4 rings (SSSR count). The highest BCUT2D eigenvalue weighted by Crippen LogP contribution is 2.29. The third-order valence-corrected chi connectivity index (χ3v) is 4.59. The number of hydrogen-bond donors (Lipinski definition) is 0. The van der Waals surface area contributed by atoms with Gasteiger partial charge in [-0.2, -0.15) is 0 Å². The van der Waals surface area contributed by atoms with E-state index in [-0.39, 0.29) is 0 Å². The van der Waals surface area contributed by atoms with E-state index in [4.69, 9.17) is 0 Å². The van der Waals surface area contributed by atoms with E-state index < -0.39 is 0 Å². The summed E-state index contributed by atoms with van der Waals surface area (Å²) in [5, 5.41) is 2.71. The van der Waals surface area contributed by atoms with Crippen molar-refractivity contribution in [3.05, 3.63) is 73.1 Å². The average Bonchev–Trinajstić information content (AvgIpc) is 3.20. The van der Waals surface area contributed by atoms with E-state index in [1.807, 2.05) is 0 Å². The number of aromatic nitrogens is 2. The molecule has 0 fully saturated rings. The Kier molecular flexibility index (Phi) is 3.23. The van der Waals surface area contributed by atoms with Crippen molar-refractivity contribution >= 4 is 21.8 Å². The van der Waals surface area contributed by atoms with Crippen LogP contribution in [0.15, 0.2) is 73.1 Å². The monoisotopic (exact) mass is 288 g/mol. The Morgan fingerprint density at radius 1 is 0.773 bits per heavy atom. The van der Waals surface area contributed by atoms with Crippen molar-refractivity contribution in [3.63, 3.8) is 0 Å². The molecule has 0 saturated carbocycles. The van der Waals surface area contributed by atoms with Crippen molar-refractivity contribution in [1.82, 2.24) is 9.13 Å². The second-order valence-electron chi connectivity index (χ2n) is 5.95. The van der Waals surface area contributed by atoms with Crippen LogP contribution in [0.4, 0.5) is 0 Å². The number of para-hydroxylation sites is 2. The van der Waals surface area contributed by atoms with Gasteiger partial charge < -0.3 is 9.13 Å². The first-order valence-corrected chi connectivity index (χ1v) is 7.93. The van der Waals surface area contributed by atoms with E-state index in [0.717, 1.165) is 13.0 Å². The maximum Gasteiger partial charge on any atom is 0.0491 e. The van der Waals surface area contributed by atoms with Crippen LogP contribution in [0.1, 0.15) is 19.4 Å². The van der Waals surface area contributed by atoms with Gasteiger partial charge in [-0.3, -0.25) is 0 Å². The van der Waals surface area contributed by atoms with Crippen molar-refractivity contribution in [3.8, 4) is 0 Å². The molecule has 0 amide bonds. The van der Waals surface area contributed by atoms with Gasteiger partial charge in [0.15, 0.2) is 0 Å². The second-order valence-corrected chi connectivity index (χ2v) is 5.95. The number of aryl methyl sites for hydroxylation is 1. The lowest BCUT2D eigenvalue weighted by molar-refractivity contribution is 0.475. The van der Waals surface area contributed by atoms with Gasteiger partial charge in [0.2, 0.25) is 0 Å². The van der Waals surface area contributed by atoms with E-state index in [0.29, 0.717) is 6.04 Å². The lowest BCUT2D eigenvalue weighted by Crippen LogP contribution is -2.07. The van der Waals surface area contributed by atoms with Gasteiger partial charge in [-0.25, -0.2) is 0 Å². The maximum absolute atomic E-state index is 2.46. The van der Waals surface area contributed by atoms with Crippen LogP contribution in [0, 0.1) is 0 Å². The van der Waals surface area contributed by atoms with Crippen LogP contribution < -0.4 is 0 Å². The predicted octanol–water partition coefficient (Wildman–Crippen LogP) is 5.25. The topological polar surface area (TPSA) is 9.86 Å². The van der Waals surface area contributed by atoms with Crippen molar-refractivity contribution in [2.24, 2.45) is 0 Å². The largest absolute Gasteiger partial charge is 0.351 e. The summed E-state index contributed by atoms with van der Waals surface area (Å²) in [6.45, 7) is 3.32. The predicted molar refractivity (Wildman–Crippen MR) is 93.2 cm³/mol. The zero-order valence-corrected chi connectivity index (χ0v) is 12.8. The summed E-state index contributed by atoms with van der Waals surface area (Å²) in [4.78, 5) is 0. The fourth-order valence-electron chi connectivity index (χ4n) is 3.35.